The van der Waals surface area contributed by atoms with Gasteiger partial charge < -0.3 is 10.8 Å². The fraction of sp³-hybridized carbons (Fsp3) is 0.300. The van der Waals surface area contributed by atoms with Gasteiger partial charge in [-0.25, -0.2) is 0 Å². The fourth-order valence-corrected chi connectivity index (χ4v) is 1.65. The van der Waals surface area contributed by atoms with E-state index in [1.807, 2.05) is 0 Å². The number of hydrogen-bond acceptors (Lipinski definition) is 3. The highest BCUT2D eigenvalue weighted by Gasteiger charge is 2.12. The van der Waals surface area contributed by atoms with Crippen LogP contribution in [0.25, 0.3) is 0 Å². The molecule has 16 heavy (non-hydrogen) atoms. The van der Waals surface area contributed by atoms with E-state index in [9.17, 15) is 13.6 Å². The number of carboxylic acids is 1. The van der Waals surface area contributed by atoms with Crippen molar-refractivity contribution in [1.82, 2.24) is 0 Å². The molecule has 1 atom stereocenters. The molecule has 0 amide bonds. The first-order valence-corrected chi connectivity index (χ1v) is 5.39. The number of nitrogens with two attached hydrogens (primary N) is 1. The van der Waals surface area contributed by atoms with Crippen LogP contribution < -0.4 is 5.73 Å². The number of aliphatic carboxylic acids is 1. The third kappa shape index (κ3) is 4.16. The van der Waals surface area contributed by atoms with Crippen LogP contribution in [0, 0.1) is 0 Å². The molecule has 0 aromatic heterocycles. The Morgan fingerprint density at radius 1 is 1.38 bits per heavy atom. The van der Waals surface area contributed by atoms with E-state index in [1.165, 1.54) is 12.1 Å². The second-order valence-electron chi connectivity index (χ2n) is 3.17. The molecular formula is C10H11F2NO2S. The summed E-state index contributed by atoms with van der Waals surface area (Å²) in [7, 11) is 0. The van der Waals surface area contributed by atoms with E-state index >= 15 is 0 Å². The lowest BCUT2D eigenvalue weighted by Gasteiger charge is -2.07. The molecule has 6 heteroatoms. The largest absolute Gasteiger partial charge is 0.480 e. The van der Waals surface area contributed by atoms with E-state index < -0.39 is 17.8 Å². The summed E-state index contributed by atoms with van der Waals surface area (Å²) in [5.74, 6) is -3.53. The van der Waals surface area contributed by atoms with Crippen molar-refractivity contribution in [2.24, 2.45) is 5.73 Å². The van der Waals surface area contributed by atoms with Gasteiger partial charge in [0.05, 0.1) is 0 Å². The molecule has 0 fully saturated rings. The van der Waals surface area contributed by atoms with E-state index in [0.717, 1.165) is 0 Å². The molecule has 1 aromatic carbocycles. The van der Waals surface area contributed by atoms with E-state index in [-0.39, 0.29) is 6.42 Å². The average molecular weight is 247 g/mol. The molecule has 0 aliphatic heterocycles. The zero-order valence-electron chi connectivity index (χ0n) is 8.27. The molecule has 0 aliphatic carbocycles. The van der Waals surface area contributed by atoms with Crippen molar-refractivity contribution in [2.45, 2.75) is 23.1 Å². The molecule has 3 nitrogen and oxygen atoms in total. The quantitative estimate of drug-likeness (QED) is 0.781. The molecule has 0 bridgehead atoms. The zero-order chi connectivity index (χ0) is 12.1. The van der Waals surface area contributed by atoms with Gasteiger partial charge in [0.25, 0.3) is 5.76 Å². The summed E-state index contributed by atoms with van der Waals surface area (Å²) in [6.45, 7) is 0. The second kappa shape index (κ2) is 5.81. The molecule has 0 saturated carbocycles. The summed E-state index contributed by atoms with van der Waals surface area (Å²) >= 11 is 0.451. The van der Waals surface area contributed by atoms with Crippen molar-refractivity contribution in [3.05, 3.63) is 29.8 Å². The standard InChI is InChI=1S/C10H11F2NO2S/c11-10(12)16-7-3-1-6(2-4-7)5-8(13)9(14)15/h1-4,8,10H,5,13H2,(H,14,15). The zero-order valence-corrected chi connectivity index (χ0v) is 9.08. The predicted molar refractivity (Wildman–Crippen MR) is 57.6 cm³/mol. The Kier molecular flexibility index (Phi) is 4.70. The minimum atomic E-state index is -2.45. The topological polar surface area (TPSA) is 63.3 Å². The molecule has 0 spiro atoms. The Balaban J connectivity index is 2.61. The van der Waals surface area contributed by atoms with Crippen LogP contribution in [0.1, 0.15) is 5.56 Å². The van der Waals surface area contributed by atoms with Gasteiger partial charge in [-0.2, -0.15) is 8.78 Å². The number of alkyl halides is 2. The number of thioether (sulfide) groups is 1. The van der Waals surface area contributed by atoms with Crippen molar-refractivity contribution < 1.29 is 18.7 Å². The van der Waals surface area contributed by atoms with Gasteiger partial charge in [-0.15, -0.1) is 0 Å². The van der Waals surface area contributed by atoms with Gasteiger partial charge in [-0.1, -0.05) is 23.9 Å². The molecular weight excluding hydrogens is 236 g/mol. The third-order valence-corrected chi connectivity index (χ3v) is 2.64. The lowest BCUT2D eigenvalue weighted by Crippen LogP contribution is -2.32. The van der Waals surface area contributed by atoms with Crippen LogP contribution in [0.5, 0.6) is 0 Å². The number of carboxylic acid groups (broad SMARTS) is 1. The molecule has 1 unspecified atom stereocenters. The van der Waals surface area contributed by atoms with Crippen LogP contribution >= 0.6 is 11.8 Å². The third-order valence-electron chi connectivity index (χ3n) is 1.92. The maximum absolute atomic E-state index is 12.0. The monoisotopic (exact) mass is 247 g/mol. The summed E-state index contributed by atoms with van der Waals surface area (Å²) < 4.78 is 24.0. The van der Waals surface area contributed by atoms with E-state index in [1.54, 1.807) is 12.1 Å². The molecule has 1 rings (SSSR count). The van der Waals surface area contributed by atoms with E-state index in [2.05, 4.69) is 0 Å². The van der Waals surface area contributed by atoms with Crippen LogP contribution in [0.3, 0.4) is 0 Å². The van der Waals surface area contributed by atoms with Gasteiger partial charge in [0.15, 0.2) is 0 Å². The Hall–Kier alpha value is -1.14. The Labute approximate surface area is 95.6 Å². The number of hydrogen-bond donors (Lipinski definition) is 2. The highest BCUT2D eigenvalue weighted by Crippen LogP contribution is 2.25. The highest BCUT2D eigenvalue weighted by molar-refractivity contribution is 7.99. The fourth-order valence-electron chi connectivity index (χ4n) is 1.15. The molecule has 0 saturated heterocycles. The number of carbonyl (C=O) groups is 1. The number of rotatable bonds is 5. The summed E-state index contributed by atoms with van der Waals surface area (Å²) in [5.41, 5.74) is 6.06. The SMILES string of the molecule is NC(Cc1ccc(SC(F)F)cc1)C(=O)O. The molecule has 1 aromatic rings. The van der Waals surface area contributed by atoms with Gasteiger partial charge in [-0.3, -0.25) is 4.79 Å². The van der Waals surface area contributed by atoms with Crippen LogP contribution in [0.2, 0.25) is 0 Å². The van der Waals surface area contributed by atoms with Crippen molar-refractivity contribution in [3.63, 3.8) is 0 Å². The Morgan fingerprint density at radius 3 is 2.38 bits per heavy atom. The summed E-state index contributed by atoms with van der Waals surface area (Å²) in [6, 6.07) is 5.30. The maximum Gasteiger partial charge on any atom is 0.320 e. The summed E-state index contributed by atoms with van der Waals surface area (Å²) in [4.78, 5) is 10.9. The number of benzene rings is 1. The van der Waals surface area contributed by atoms with Crippen LogP contribution in [0.15, 0.2) is 29.2 Å². The van der Waals surface area contributed by atoms with Gasteiger partial charge in [0.1, 0.15) is 6.04 Å². The van der Waals surface area contributed by atoms with E-state index in [0.29, 0.717) is 22.2 Å². The summed E-state index contributed by atoms with van der Waals surface area (Å²) in [5, 5.41) is 8.59. The lowest BCUT2D eigenvalue weighted by atomic mass is 10.1. The molecule has 0 radical (unpaired) electrons. The molecule has 88 valence electrons. The first kappa shape index (κ1) is 12.9. The normalized spacial score (nSPS) is 12.8. The van der Waals surface area contributed by atoms with Crippen molar-refractivity contribution >= 4 is 17.7 Å². The van der Waals surface area contributed by atoms with Gasteiger partial charge in [-0.05, 0) is 24.1 Å². The summed E-state index contributed by atoms with van der Waals surface area (Å²) in [6.07, 6.45) is 0.189. The van der Waals surface area contributed by atoms with Crippen LogP contribution in [-0.2, 0) is 11.2 Å². The predicted octanol–water partition coefficient (Wildman–Crippen LogP) is 1.96. The van der Waals surface area contributed by atoms with Gasteiger partial charge in [0, 0.05) is 4.90 Å². The minimum Gasteiger partial charge on any atom is -0.480 e. The van der Waals surface area contributed by atoms with Crippen molar-refractivity contribution in [2.75, 3.05) is 0 Å². The smallest absolute Gasteiger partial charge is 0.320 e. The lowest BCUT2D eigenvalue weighted by molar-refractivity contribution is -0.138. The van der Waals surface area contributed by atoms with Crippen LogP contribution in [0.4, 0.5) is 8.78 Å². The van der Waals surface area contributed by atoms with Crippen molar-refractivity contribution in [3.8, 4) is 0 Å². The Bertz CT molecular complexity index is 356. The first-order valence-electron chi connectivity index (χ1n) is 4.51. The second-order valence-corrected chi connectivity index (χ2v) is 4.23. The van der Waals surface area contributed by atoms with E-state index in [4.69, 9.17) is 10.8 Å². The van der Waals surface area contributed by atoms with Crippen molar-refractivity contribution in [1.29, 1.82) is 0 Å². The number of halogens is 2. The van der Waals surface area contributed by atoms with Gasteiger partial charge in [0.2, 0.25) is 0 Å². The van der Waals surface area contributed by atoms with Gasteiger partial charge >= 0.3 is 5.97 Å². The maximum atomic E-state index is 12.0. The van der Waals surface area contributed by atoms with Crippen LogP contribution in [-0.4, -0.2) is 22.9 Å². The molecule has 0 aliphatic rings. The minimum absolute atomic E-state index is 0.189. The molecule has 3 N–H and O–H groups in total. The first-order chi connectivity index (χ1) is 7.49. The Morgan fingerprint density at radius 2 is 1.94 bits per heavy atom. The average Bonchev–Trinajstić information content (AvgIpc) is 2.20. The highest BCUT2D eigenvalue weighted by atomic mass is 32.2. The molecule has 0 heterocycles.